The molecule has 0 aromatic heterocycles. The minimum atomic E-state index is -0.540. The Bertz CT molecular complexity index is 392. The number of rotatable bonds is 3. The van der Waals surface area contributed by atoms with Crippen LogP contribution in [0.5, 0.6) is 5.75 Å². The molecule has 0 fully saturated rings. The van der Waals surface area contributed by atoms with Gasteiger partial charge in [0.25, 0.3) is 5.91 Å². The van der Waals surface area contributed by atoms with Crippen LogP contribution in [0, 0.1) is 0 Å². The number of carbonyl (C=O) groups excluding carboxylic acids is 1. The van der Waals surface area contributed by atoms with Gasteiger partial charge in [0.15, 0.2) is 6.10 Å². The number of nitrogens with zero attached hydrogens (tertiary/aromatic N) is 1. The number of para-hydroxylation sites is 2. The molecule has 0 saturated carbocycles. The molecule has 0 spiro atoms. The summed E-state index contributed by atoms with van der Waals surface area (Å²) in [6, 6.07) is 7.57. The second kappa shape index (κ2) is 4.53. The average Bonchev–Trinajstić information content (AvgIpc) is 2.32. The summed E-state index contributed by atoms with van der Waals surface area (Å²) in [5.41, 5.74) is 6.38. The molecule has 0 radical (unpaired) electrons. The summed E-state index contributed by atoms with van der Waals surface area (Å²) < 4.78 is 5.55. The van der Waals surface area contributed by atoms with E-state index in [1.807, 2.05) is 31.2 Å². The predicted octanol–water partition coefficient (Wildman–Crippen LogP) is 1.15. The monoisotopic (exact) mass is 220 g/mol. The van der Waals surface area contributed by atoms with E-state index in [0.717, 1.165) is 17.9 Å². The summed E-state index contributed by atoms with van der Waals surface area (Å²) in [5.74, 6) is 0.703. The van der Waals surface area contributed by atoms with Gasteiger partial charge in [-0.05, 0) is 18.6 Å². The number of anilines is 1. The second-order valence-electron chi connectivity index (χ2n) is 3.80. The van der Waals surface area contributed by atoms with Crippen LogP contribution in [0.2, 0.25) is 0 Å². The maximum atomic E-state index is 12.0. The van der Waals surface area contributed by atoms with Crippen LogP contribution in [0.4, 0.5) is 5.69 Å². The van der Waals surface area contributed by atoms with Crippen LogP contribution in [0.25, 0.3) is 0 Å². The quantitative estimate of drug-likeness (QED) is 0.831. The van der Waals surface area contributed by atoms with Crippen molar-refractivity contribution in [1.82, 2.24) is 0 Å². The number of fused-ring (bicyclic) bond motifs is 1. The zero-order valence-electron chi connectivity index (χ0n) is 9.35. The first-order chi connectivity index (χ1) is 7.77. The Labute approximate surface area is 95.0 Å². The lowest BCUT2D eigenvalue weighted by Gasteiger charge is -2.33. The average molecular weight is 220 g/mol. The van der Waals surface area contributed by atoms with E-state index in [-0.39, 0.29) is 12.5 Å². The van der Waals surface area contributed by atoms with Crippen molar-refractivity contribution in [3.63, 3.8) is 0 Å². The maximum absolute atomic E-state index is 12.0. The highest BCUT2D eigenvalue weighted by Gasteiger charge is 2.32. The molecule has 1 amide bonds. The van der Waals surface area contributed by atoms with Crippen LogP contribution in [-0.4, -0.2) is 25.1 Å². The van der Waals surface area contributed by atoms with E-state index >= 15 is 0 Å². The van der Waals surface area contributed by atoms with Gasteiger partial charge >= 0.3 is 0 Å². The number of amides is 1. The number of benzene rings is 1. The van der Waals surface area contributed by atoms with Crippen LogP contribution in [-0.2, 0) is 4.79 Å². The lowest BCUT2D eigenvalue weighted by Crippen LogP contribution is -2.49. The molecule has 1 atom stereocenters. The topological polar surface area (TPSA) is 55.6 Å². The molecule has 86 valence electrons. The molecule has 1 heterocycles. The van der Waals surface area contributed by atoms with Gasteiger partial charge in [-0.1, -0.05) is 19.1 Å². The van der Waals surface area contributed by atoms with Gasteiger partial charge in [-0.15, -0.1) is 0 Å². The minimum Gasteiger partial charge on any atom is -0.477 e. The van der Waals surface area contributed by atoms with Gasteiger partial charge in [0.05, 0.1) is 5.69 Å². The normalized spacial score (nSPS) is 19.2. The summed E-state index contributed by atoms with van der Waals surface area (Å²) in [4.78, 5) is 13.8. The molecule has 1 aliphatic rings. The molecule has 1 aromatic carbocycles. The fourth-order valence-corrected chi connectivity index (χ4v) is 1.88. The molecular weight excluding hydrogens is 204 g/mol. The smallest absolute Gasteiger partial charge is 0.269 e. The van der Waals surface area contributed by atoms with E-state index in [1.54, 1.807) is 4.90 Å². The summed E-state index contributed by atoms with van der Waals surface area (Å²) in [6.07, 6.45) is 0.374. The molecule has 0 saturated heterocycles. The molecule has 0 aliphatic carbocycles. The van der Waals surface area contributed by atoms with Crippen LogP contribution in [0.1, 0.15) is 13.3 Å². The molecule has 1 unspecified atom stereocenters. The third-order valence-electron chi connectivity index (χ3n) is 2.63. The van der Waals surface area contributed by atoms with Gasteiger partial charge in [0.1, 0.15) is 5.75 Å². The number of nitrogens with two attached hydrogens (primary N) is 1. The third kappa shape index (κ3) is 1.76. The minimum absolute atomic E-state index is 0.0388. The van der Waals surface area contributed by atoms with E-state index in [1.165, 1.54) is 0 Å². The Morgan fingerprint density at radius 1 is 1.44 bits per heavy atom. The van der Waals surface area contributed by atoms with Gasteiger partial charge in [-0.3, -0.25) is 4.79 Å². The molecule has 16 heavy (non-hydrogen) atoms. The molecular formula is C12H16N2O2. The standard InChI is InChI=1S/C12H16N2O2/c1-2-7-14-9-5-3-4-6-10(9)16-11(8-13)12(14)15/h3-6,11H,2,7-8,13H2,1H3. The van der Waals surface area contributed by atoms with Crippen LogP contribution < -0.4 is 15.4 Å². The zero-order chi connectivity index (χ0) is 11.5. The van der Waals surface area contributed by atoms with Gasteiger partial charge in [-0.25, -0.2) is 0 Å². The van der Waals surface area contributed by atoms with Crippen molar-refractivity contribution >= 4 is 11.6 Å². The van der Waals surface area contributed by atoms with Crippen molar-refractivity contribution in [3.05, 3.63) is 24.3 Å². The largest absolute Gasteiger partial charge is 0.477 e. The molecule has 4 heteroatoms. The van der Waals surface area contributed by atoms with E-state index in [4.69, 9.17) is 10.5 Å². The van der Waals surface area contributed by atoms with Gasteiger partial charge in [0.2, 0.25) is 0 Å². The van der Waals surface area contributed by atoms with Crippen molar-refractivity contribution in [3.8, 4) is 5.75 Å². The SMILES string of the molecule is CCCN1C(=O)C(CN)Oc2ccccc21. The second-order valence-corrected chi connectivity index (χ2v) is 3.80. The zero-order valence-corrected chi connectivity index (χ0v) is 9.35. The van der Waals surface area contributed by atoms with Crippen molar-refractivity contribution in [2.45, 2.75) is 19.4 Å². The lowest BCUT2D eigenvalue weighted by molar-refractivity contribution is -0.125. The van der Waals surface area contributed by atoms with Gasteiger partial charge in [-0.2, -0.15) is 0 Å². The number of hydrogen-bond acceptors (Lipinski definition) is 3. The molecule has 2 N–H and O–H groups in total. The van der Waals surface area contributed by atoms with E-state index in [0.29, 0.717) is 6.54 Å². The lowest BCUT2D eigenvalue weighted by atomic mass is 10.1. The first-order valence-electron chi connectivity index (χ1n) is 5.55. The summed E-state index contributed by atoms with van der Waals surface area (Å²) in [7, 11) is 0. The predicted molar refractivity (Wildman–Crippen MR) is 62.6 cm³/mol. The van der Waals surface area contributed by atoms with E-state index in [2.05, 4.69) is 0 Å². The summed E-state index contributed by atoms with van der Waals surface area (Å²) in [6.45, 7) is 2.96. The Balaban J connectivity index is 2.38. The highest BCUT2D eigenvalue weighted by atomic mass is 16.5. The first kappa shape index (κ1) is 11.0. The fraction of sp³-hybridized carbons (Fsp3) is 0.417. The highest BCUT2D eigenvalue weighted by molar-refractivity contribution is 6.00. The molecule has 4 nitrogen and oxygen atoms in total. The van der Waals surface area contributed by atoms with Crippen LogP contribution in [0.3, 0.4) is 0 Å². The Morgan fingerprint density at radius 2 is 2.19 bits per heavy atom. The van der Waals surface area contributed by atoms with Crippen molar-refractivity contribution in [2.24, 2.45) is 5.73 Å². The number of ether oxygens (including phenoxy) is 1. The highest BCUT2D eigenvalue weighted by Crippen LogP contribution is 2.33. The fourth-order valence-electron chi connectivity index (χ4n) is 1.88. The Hall–Kier alpha value is -1.55. The van der Waals surface area contributed by atoms with Crippen LogP contribution >= 0.6 is 0 Å². The van der Waals surface area contributed by atoms with Crippen molar-refractivity contribution in [1.29, 1.82) is 0 Å². The Kier molecular flexibility index (Phi) is 3.10. The Morgan fingerprint density at radius 3 is 2.88 bits per heavy atom. The molecule has 1 aliphatic heterocycles. The van der Waals surface area contributed by atoms with E-state index < -0.39 is 6.10 Å². The molecule has 0 bridgehead atoms. The third-order valence-corrected chi connectivity index (χ3v) is 2.63. The van der Waals surface area contributed by atoms with Gasteiger partial charge < -0.3 is 15.4 Å². The summed E-state index contributed by atoms with van der Waals surface area (Å²) >= 11 is 0. The van der Waals surface area contributed by atoms with Crippen molar-refractivity contribution < 1.29 is 9.53 Å². The summed E-state index contributed by atoms with van der Waals surface area (Å²) in [5, 5.41) is 0. The maximum Gasteiger partial charge on any atom is 0.269 e. The van der Waals surface area contributed by atoms with Gasteiger partial charge in [0, 0.05) is 13.1 Å². The number of carbonyl (C=O) groups is 1. The first-order valence-corrected chi connectivity index (χ1v) is 5.55. The van der Waals surface area contributed by atoms with Crippen LogP contribution in [0.15, 0.2) is 24.3 Å². The van der Waals surface area contributed by atoms with Crippen molar-refractivity contribution in [2.75, 3.05) is 18.0 Å². The van der Waals surface area contributed by atoms with E-state index in [9.17, 15) is 4.79 Å². The molecule has 1 aromatic rings. The number of hydrogen-bond donors (Lipinski definition) is 1. The molecule has 2 rings (SSSR count).